The molecule has 3 aromatic rings. The molecule has 0 saturated carbocycles. The second-order valence-corrected chi connectivity index (χ2v) is 12.9. The van der Waals surface area contributed by atoms with Gasteiger partial charge in [0.15, 0.2) is 5.69 Å². The highest BCUT2D eigenvalue weighted by Crippen LogP contribution is 2.43. The number of amides is 2. The van der Waals surface area contributed by atoms with E-state index in [9.17, 15) is 31.5 Å². The number of halogens is 6. The van der Waals surface area contributed by atoms with Gasteiger partial charge in [0.1, 0.15) is 12.4 Å². The number of carbonyl (C=O) groups is 2. The van der Waals surface area contributed by atoms with Crippen molar-refractivity contribution in [1.29, 1.82) is 0 Å². The number of likely N-dealkylation sites (tertiary alicyclic amines) is 1. The zero-order chi connectivity index (χ0) is 37.2. The topological polar surface area (TPSA) is 120 Å². The second kappa shape index (κ2) is 17.7. The Bertz CT molecular complexity index is 1650. The lowest BCUT2D eigenvalue weighted by molar-refractivity contribution is -0.211. The van der Waals surface area contributed by atoms with Gasteiger partial charge < -0.3 is 19.7 Å². The minimum atomic E-state index is -4.53. The van der Waals surface area contributed by atoms with Gasteiger partial charge in [0.2, 0.25) is 0 Å². The minimum absolute atomic E-state index is 0.0332. The molecular formula is C33H38ClF5N4O6S. The van der Waals surface area contributed by atoms with Crippen LogP contribution in [-0.4, -0.2) is 67.0 Å². The highest BCUT2D eigenvalue weighted by atomic mass is 35.5. The summed E-state index contributed by atoms with van der Waals surface area (Å²) in [6.07, 6.45) is -4.06. The van der Waals surface area contributed by atoms with Gasteiger partial charge in [0.25, 0.3) is 5.91 Å². The Labute approximate surface area is 294 Å². The summed E-state index contributed by atoms with van der Waals surface area (Å²) in [5.41, 5.74) is -1.22. The predicted octanol–water partition coefficient (Wildman–Crippen LogP) is 7.45. The van der Waals surface area contributed by atoms with Crippen molar-refractivity contribution in [3.05, 3.63) is 70.4 Å². The van der Waals surface area contributed by atoms with Crippen molar-refractivity contribution in [1.82, 2.24) is 20.0 Å². The van der Waals surface area contributed by atoms with Gasteiger partial charge >= 0.3 is 30.5 Å². The molecule has 0 radical (unpaired) electrons. The molecule has 0 bridgehead atoms. The number of benzene rings is 2. The first-order chi connectivity index (χ1) is 23.5. The van der Waals surface area contributed by atoms with Crippen LogP contribution in [0.1, 0.15) is 62.2 Å². The van der Waals surface area contributed by atoms with Crippen LogP contribution in [0.5, 0.6) is 5.75 Å². The molecule has 4 rings (SSSR count). The summed E-state index contributed by atoms with van der Waals surface area (Å²) in [5.74, 6) is -0.821. The van der Waals surface area contributed by atoms with Gasteiger partial charge in [0.05, 0.1) is 22.2 Å². The van der Waals surface area contributed by atoms with Crippen LogP contribution in [0.25, 0.3) is 11.3 Å². The van der Waals surface area contributed by atoms with Crippen molar-refractivity contribution in [2.24, 2.45) is 11.3 Å². The number of nitrogens with zero attached hydrogens (tertiary/aromatic N) is 3. The van der Waals surface area contributed by atoms with Crippen LogP contribution in [0.3, 0.4) is 0 Å². The van der Waals surface area contributed by atoms with E-state index < -0.39 is 53.9 Å². The van der Waals surface area contributed by atoms with Crippen LogP contribution in [0.4, 0.5) is 26.7 Å². The zero-order valence-corrected chi connectivity index (χ0v) is 29.3. The molecule has 1 aliphatic rings. The number of hydrogen-bond donors (Lipinski definition) is 1. The van der Waals surface area contributed by atoms with Crippen LogP contribution in [0, 0.1) is 11.3 Å². The molecule has 2 heterocycles. The summed E-state index contributed by atoms with van der Waals surface area (Å²) in [5, 5.41) is 6.95. The van der Waals surface area contributed by atoms with E-state index in [4.69, 9.17) is 29.5 Å². The zero-order valence-electron chi connectivity index (χ0n) is 27.8. The van der Waals surface area contributed by atoms with Gasteiger partial charge in [-0.15, -0.1) is 0 Å². The molecule has 0 aliphatic carbocycles. The quantitative estimate of drug-likeness (QED) is 0.202. The lowest BCUT2D eigenvalue weighted by Gasteiger charge is -2.37. The van der Waals surface area contributed by atoms with E-state index in [-0.39, 0.29) is 59.2 Å². The minimum Gasteiger partial charge on any atom is -0.445 e. The molecule has 0 spiro atoms. The van der Waals surface area contributed by atoms with Gasteiger partial charge in [0, 0.05) is 25.2 Å². The van der Waals surface area contributed by atoms with Crippen LogP contribution in [-0.2, 0) is 35.9 Å². The molecule has 50 heavy (non-hydrogen) atoms. The monoisotopic (exact) mass is 748 g/mol. The number of carbonyl (C=O) groups excluding carboxylic acids is 2. The van der Waals surface area contributed by atoms with E-state index >= 15 is 0 Å². The van der Waals surface area contributed by atoms with E-state index in [0.29, 0.717) is 13.0 Å². The highest BCUT2D eigenvalue weighted by molar-refractivity contribution is 7.51. The maximum absolute atomic E-state index is 13.5. The van der Waals surface area contributed by atoms with E-state index in [1.54, 1.807) is 11.8 Å². The smallest absolute Gasteiger partial charge is 0.410 e. The Balaban J connectivity index is 0.00000217. The van der Waals surface area contributed by atoms with Crippen molar-refractivity contribution in [2.45, 2.75) is 78.9 Å². The lowest BCUT2D eigenvalue weighted by Crippen LogP contribution is -2.51. The van der Waals surface area contributed by atoms with E-state index in [1.165, 1.54) is 16.8 Å². The third-order valence-corrected chi connectivity index (χ3v) is 8.58. The van der Waals surface area contributed by atoms with Gasteiger partial charge in [-0.05, 0) is 55.4 Å². The molecule has 1 saturated heterocycles. The fourth-order valence-electron chi connectivity index (χ4n) is 5.49. The predicted molar refractivity (Wildman–Crippen MR) is 175 cm³/mol. The van der Waals surface area contributed by atoms with Gasteiger partial charge in [-0.2, -0.15) is 35.5 Å². The molecule has 2 atom stereocenters. The van der Waals surface area contributed by atoms with Crippen LogP contribution in [0.2, 0.25) is 5.02 Å². The number of piperidine rings is 1. The fraction of sp³-hybridized carbons (Fsp3) is 0.485. The Morgan fingerprint density at radius 3 is 2.34 bits per heavy atom. The molecule has 10 nitrogen and oxygen atoms in total. The van der Waals surface area contributed by atoms with E-state index in [1.807, 2.05) is 37.3 Å². The van der Waals surface area contributed by atoms with Gasteiger partial charge in [-0.3, -0.25) is 9.48 Å². The number of aromatic nitrogens is 2. The lowest BCUT2D eigenvalue weighted by atomic mass is 9.84. The van der Waals surface area contributed by atoms with Crippen molar-refractivity contribution in [3.8, 4) is 17.0 Å². The summed E-state index contributed by atoms with van der Waals surface area (Å²) in [6.45, 7) is 3.31. The normalized spacial score (nSPS) is 16.3. The maximum atomic E-state index is 13.5. The van der Waals surface area contributed by atoms with Crippen LogP contribution >= 0.6 is 11.6 Å². The molecule has 1 aliphatic heterocycles. The first-order valence-corrected chi connectivity index (χ1v) is 16.7. The standard InChI is InChI=1S/C33H38ClF5N4O4.O2S/c1-5-43-28(24-14-12-22(15-25(24)47-30(35)36)16-32(3,4)33(37,38)39)26(34)27(41-43)29(44)40-17-23-13-11-20(2)18-42(23)31(45)46-19-21-9-7-6-8-10-21;1-3-2/h6-10,12,14-15,20,23,30H,5,11,13,16-19H2,1-4H3,(H,40,44);/t20-,23+;/m0./s1. The molecule has 1 N–H and O–H groups in total. The third kappa shape index (κ3) is 10.5. The van der Waals surface area contributed by atoms with Crippen LogP contribution in [0.15, 0.2) is 48.5 Å². The SMILES string of the molecule is CCn1nc(C(=O)NC[C@H]2CC[C@H](C)CN2C(=O)OCc2ccccc2)c(Cl)c1-c1ccc(CC(C)(C)C(F)(F)F)cc1OC(F)F.O=S=O. The average Bonchev–Trinajstić information content (AvgIpc) is 3.38. The largest absolute Gasteiger partial charge is 0.445 e. The summed E-state index contributed by atoms with van der Waals surface area (Å²) in [4.78, 5) is 28.0. The second-order valence-electron chi connectivity index (χ2n) is 12.4. The number of hydrogen-bond acceptors (Lipinski definition) is 7. The highest BCUT2D eigenvalue weighted by Gasteiger charge is 2.47. The third-order valence-electron chi connectivity index (χ3n) is 8.22. The van der Waals surface area contributed by atoms with E-state index in [0.717, 1.165) is 31.9 Å². The number of alkyl halides is 5. The van der Waals surface area contributed by atoms with Crippen molar-refractivity contribution < 1.29 is 49.4 Å². The maximum Gasteiger partial charge on any atom is 0.410 e. The molecule has 2 amide bonds. The Morgan fingerprint density at radius 1 is 1.08 bits per heavy atom. The Kier molecular flexibility index (Phi) is 14.3. The van der Waals surface area contributed by atoms with Crippen molar-refractivity contribution in [2.75, 3.05) is 13.1 Å². The average molecular weight is 749 g/mol. The van der Waals surface area contributed by atoms with E-state index in [2.05, 4.69) is 10.4 Å². The molecule has 2 aromatic carbocycles. The molecule has 1 fully saturated rings. The summed E-state index contributed by atoms with van der Waals surface area (Å²) < 4.78 is 95.7. The Hall–Kier alpha value is -4.05. The van der Waals surface area contributed by atoms with Crippen LogP contribution < -0.4 is 10.1 Å². The molecule has 0 unspecified atom stereocenters. The molecule has 17 heteroatoms. The number of nitrogens with one attached hydrogen (secondary N) is 1. The first kappa shape index (κ1) is 40.4. The molecular weight excluding hydrogens is 711 g/mol. The summed E-state index contributed by atoms with van der Waals surface area (Å²) >= 11 is 5.90. The molecule has 274 valence electrons. The number of aryl methyl sites for hydroxylation is 1. The first-order valence-electron chi connectivity index (χ1n) is 15.6. The van der Waals surface area contributed by atoms with Gasteiger partial charge in [-0.1, -0.05) is 68.8 Å². The van der Waals surface area contributed by atoms with Gasteiger partial charge in [-0.25, -0.2) is 4.79 Å². The number of ether oxygens (including phenoxy) is 2. The summed E-state index contributed by atoms with van der Waals surface area (Å²) in [6, 6.07) is 12.7. The molecule has 1 aromatic heterocycles. The fourth-order valence-corrected chi connectivity index (χ4v) is 5.81. The van der Waals surface area contributed by atoms with Crippen molar-refractivity contribution in [3.63, 3.8) is 0 Å². The Morgan fingerprint density at radius 2 is 1.74 bits per heavy atom. The number of rotatable bonds is 11. The summed E-state index contributed by atoms with van der Waals surface area (Å²) in [7, 11) is 0. The van der Waals surface area contributed by atoms with Crippen molar-refractivity contribution >= 4 is 35.2 Å².